The highest BCUT2D eigenvalue weighted by Gasteiger charge is 2.38. The number of nitrogens with two attached hydrogens (primary N) is 2. The third kappa shape index (κ3) is 34.4. The van der Waals surface area contributed by atoms with Crippen LogP contribution in [0.2, 0.25) is 0 Å². The van der Waals surface area contributed by atoms with Gasteiger partial charge < -0.3 is 30.7 Å². The average Bonchev–Trinajstić information content (AvgIpc) is 1.70. The quantitative estimate of drug-likeness (QED) is 0.00388. The molecule has 0 saturated carbocycles. The molecule has 0 aliphatic carbocycles. The summed E-state index contributed by atoms with van der Waals surface area (Å²) >= 11 is 16.0. The first-order valence-electron chi connectivity index (χ1n) is 37.9. The van der Waals surface area contributed by atoms with Crippen LogP contribution < -0.4 is 36.7 Å². The summed E-state index contributed by atoms with van der Waals surface area (Å²) in [6, 6.07) is 14.6. The van der Waals surface area contributed by atoms with Gasteiger partial charge in [-0.2, -0.15) is 28.8 Å². The first kappa shape index (κ1) is 112. The van der Waals surface area contributed by atoms with Crippen LogP contribution in [0, 0.1) is 23.7 Å². The molecule has 11 rings (SSSR count). The van der Waals surface area contributed by atoms with Gasteiger partial charge in [0.25, 0.3) is 36.5 Å². The average molecular weight is 2050 g/mol. The van der Waals surface area contributed by atoms with Crippen LogP contribution >= 0.6 is 115 Å². The highest BCUT2D eigenvalue weighted by molar-refractivity contribution is 8.46. The molecule has 3 aliphatic heterocycles. The summed E-state index contributed by atoms with van der Waals surface area (Å²) in [5.41, 5.74) is 5.54. The summed E-state index contributed by atoms with van der Waals surface area (Å²) in [5.74, 6) is -1.49. The number of esters is 1. The van der Waals surface area contributed by atoms with Crippen molar-refractivity contribution in [1.82, 2.24) is 34.3 Å². The number of thioether (sulfide) groups is 4. The zero-order valence-electron chi connectivity index (χ0n) is 71.9. The number of carbonyl (C=O) groups is 5. The summed E-state index contributed by atoms with van der Waals surface area (Å²) in [5, 5.41) is 60.1. The maximum atomic E-state index is 13.3. The number of rotatable bonds is 28. The zero-order valence-corrected chi connectivity index (χ0v) is 84.2. The van der Waals surface area contributed by atoms with E-state index in [4.69, 9.17) is 15.6 Å². The van der Waals surface area contributed by atoms with Crippen molar-refractivity contribution in [3.63, 3.8) is 0 Å². The predicted molar refractivity (Wildman–Crippen MR) is 516 cm³/mol. The summed E-state index contributed by atoms with van der Waals surface area (Å²) in [6.45, 7) is 19.9. The topological polar surface area (TPSA) is 461 Å². The largest absolute Gasteiger partial charge is 1.00 e. The molecule has 3 aliphatic rings. The molecule has 31 nitrogen and oxygen atoms in total. The standard InChI is InChI=1S/C21H24N4O6S4.C16H20N2O4S.C16H20N2O2S3.C13H16N2O2S.C6H11N3O4S3.C4H9S3.BF3.FH/c1-12(2)6-8-25-21(27)15(17(26)16(23-25)14-5-4-9-32-14)19-22-20-18(35(30,31)24-19)13(11-33-20)7-10-34(3,28)29;1-4-22-16(21)12-14(19)13(11-6-5-9-23-11)17-18(15(12)20)8-7-10(2)3;1-10(2)7-8-18-15(20)12(16(21-3)22-4)14(19)13(17-18)11-6-5-9-23-11;1-9(2)5-6-15-12(17)8-10(16)13(14-15)11-4-3-7-18-11;1-15(10,11)9-2-4-3-14-6(7)5(4)16(8,12)13;1-5-4(6-2)7-3;2-1(3)4;/h4-5,9,11-12,26H,6-8,10H2,1-3H3,(H,22,24);5-6,9-10,19H,4,7-8H2,1-3H3;5-6,9-10H,7-8H2,1-4H3;3-4,7,9H,5-6,8H2,1-2H3;3,9H,2,7H2,1H3,(H2,8,12,13);1-3H3;;1H/q;;;;;+1;;/p-1. The van der Waals surface area contributed by atoms with Crippen LogP contribution in [0.5, 0.6) is 11.5 Å². The fourth-order valence-corrected chi connectivity index (χ4v) is 22.7. The summed E-state index contributed by atoms with van der Waals surface area (Å²) in [6.07, 6.45) is 15.2. The number of ketones is 2. The molecule has 11 heterocycles. The number of hydrogen-bond donors (Lipinski definition) is 6. The van der Waals surface area contributed by atoms with Crippen molar-refractivity contribution in [2.75, 3.05) is 80.3 Å². The molecule has 0 saturated heterocycles. The molecule has 8 aromatic heterocycles. The number of aromatic nitrogens is 4. The van der Waals surface area contributed by atoms with Gasteiger partial charge in [0, 0.05) is 39.0 Å². The number of aryl methyl sites for hydroxylation is 3. The number of carbonyl (C=O) groups excluding carboxylic acids is 5. The van der Waals surface area contributed by atoms with Crippen molar-refractivity contribution >= 4 is 234 Å². The second kappa shape index (κ2) is 52.6. The SMILES string of the molecule is CC(C)CCN1N=C(c2cccs2)C(=O)CC1=O.CC(C)CCn1nc(-c2cccs2)c(O)c(C2=NS(=O)(=O)c3c(CCS(C)(=O)=O)csc3N2)c1=O.CCOC(=O)c1c(O)c(-c2cccs2)nn(CCC(C)C)c1=O.CS(=O)(=O)NCc1csc(N)c1S(N)(=O)=O.CSC(SC)=C1C(=O)C(c2cccs2)=NN(CCC(C)C)C1=O.CSC(SC)=[S+]C.FB(F)F.[F-]. The molecule has 0 spiro atoms. The number of thiophene rings is 6. The van der Waals surface area contributed by atoms with Gasteiger partial charge in [0.15, 0.2) is 46.3 Å². The molecule has 698 valence electrons. The number of sulfonamides is 3. The maximum absolute atomic E-state index is 13.3. The van der Waals surface area contributed by atoms with E-state index in [1.54, 1.807) is 35.9 Å². The van der Waals surface area contributed by atoms with E-state index in [9.17, 15) is 90.4 Å². The van der Waals surface area contributed by atoms with Crippen molar-refractivity contribution in [3.8, 4) is 32.6 Å². The fraction of sp³-hybridized carbons (Fsp3) is 0.434. The van der Waals surface area contributed by atoms with Gasteiger partial charge in [-0.25, -0.2) is 59.3 Å². The lowest BCUT2D eigenvalue weighted by Crippen LogP contribution is -3.00. The lowest BCUT2D eigenvalue weighted by molar-refractivity contribution is -0.135. The number of aromatic hydroxyl groups is 2. The number of sulfone groups is 1. The number of amides is 2. The number of nitrogens with zero attached hydrogens (tertiary/aromatic N) is 9. The minimum Gasteiger partial charge on any atom is -1.00 e. The van der Waals surface area contributed by atoms with Gasteiger partial charge in [0.05, 0.1) is 48.8 Å². The van der Waals surface area contributed by atoms with Crippen LogP contribution in [0.1, 0.15) is 131 Å². The molecule has 51 heteroatoms. The minimum absolute atomic E-state index is 0. The molecule has 8 N–H and O–H groups in total. The monoisotopic (exact) mass is 2050 g/mol. The van der Waals surface area contributed by atoms with Crippen molar-refractivity contribution in [2.24, 2.45) is 43.4 Å². The first-order valence-corrected chi connectivity index (χ1v) is 56.3. The Morgan fingerprint density at radius 3 is 1.56 bits per heavy atom. The van der Waals surface area contributed by atoms with Crippen LogP contribution in [-0.4, -0.2) is 200 Å². The number of amidine groups is 1. The van der Waals surface area contributed by atoms with Crippen molar-refractivity contribution < 1.29 is 90.2 Å². The Morgan fingerprint density at radius 1 is 0.669 bits per heavy atom. The van der Waals surface area contributed by atoms with E-state index < -0.39 is 76.0 Å². The second-order valence-electron chi connectivity index (χ2n) is 28.4. The van der Waals surface area contributed by atoms with Gasteiger partial charge in [0.1, 0.15) is 63.6 Å². The summed E-state index contributed by atoms with van der Waals surface area (Å²) < 4.78 is 138. The predicted octanol–water partition coefficient (Wildman–Crippen LogP) is 10.4. The summed E-state index contributed by atoms with van der Waals surface area (Å²) in [7, 11) is -18.6. The molecule has 0 unspecified atom stereocenters. The van der Waals surface area contributed by atoms with E-state index in [2.05, 4.69) is 81.3 Å². The molecule has 0 atom stereocenters. The number of primary sulfonamides is 1. The normalized spacial score (nSPS) is 13.5. The third-order valence-electron chi connectivity index (χ3n) is 16.9. The van der Waals surface area contributed by atoms with E-state index >= 15 is 0 Å². The number of halogens is 4. The van der Waals surface area contributed by atoms with Gasteiger partial charge in [-0.1, -0.05) is 103 Å². The second-order valence-corrected chi connectivity index (χ2v) is 46.3. The Balaban J connectivity index is 0.000000330. The number of fused-ring (bicyclic) bond motifs is 1. The molecule has 8 aromatic rings. The third-order valence-corrected chi connectivity index (χ3v) is 32.6. The van der Waals surface area contributed by atoms with E-state index in [0.29, 0.717) is 70.5 Å². The van der Waals surface area contributed by atoms with Crippen LogP contribution in [0.4, 0.5) is 22.9 Å². The van der Waals surface area contributed by atoms with Gasteiger partial charge in [-0.15, -0.1) is 95.9 Å². The molecule has 0 aromatic carbocycles. The summed E-state index contributed by atoms with van der Waals surface area (Å²) in [4.78, 5) is 89.6. The molecular weight excluding hydrogens is 1950 g/mol. The highest BCUT2D eigenvalue weighted by atomic mass is 32.2. The van der Waals surface area contributed by atoms with Crippen molar-refractivity contribution in [2.45, 2.75) is 130 Å². The Labute approximate surface area is 781 Å². The number of hydrogen-bond acceptors (Lipinski definition) is 34. The van der Waals surface area contributed by atoms with Gasteiger partial charge in [-0.3, -0.25) is 41.7 Å². The van der Waals surface area contributed by atoms with Crippen LogP contribution in [-0.2, 0) is 101 Å². The maximum Gasteiger partial charge on any atom is 0.762 e. The molecule has 0 fully saturated rings. The molecule has 0 radical (unpaired) electrons. The highest BCUT2D eigenvalue weighted by Crippen LogP contribution is 2.41. The smallest absolute Gasteiger partial charge is 0.762 e. The molecule has 127 heavy (non-hydrogen) atoms. The molecule has 0 bridgehead atoms. The fourth-order valence-electron chi connectivity index (χ4n) is 10.7. The number of ether oxygens (including phenoxy) is 1. The van der Waals surface area contributed by atoms with Gasteiger partial charge in [0.2, 0.25) is 25.8 Å². The van der Waals surface area contributed by atoms with E-state index in [-0.39, 0.29) is 132 Å². The van der Waals surface area contributed by atoms with Gasteiger partial charge in [-0.05, 0) is 155 Å². The van der Waals surface area contributed by atoms with Gasteiger partial charge >= 0.3 is 13.5 Å². The van der Waals surface area contributed by atoms with Crippen molar-refractivity contribution in [1.29, 1.82) is 0 Å². The van der Waals surface area contributed by atoms with E-state index in [1.807, 2.05) is 122 Å². The van der Waals surface area contributed by atoms with Crippen molar-refractivity contribution in [3.05, 3.63) is 143 Å². The van der Waals surface area contributed by atoms with E-state index in [1.165, 1.54) is 97.2 Å². The van der Waals surface area contributed by atoms with Crippen LogP contribution in [0.15, 0.2) is 125 Å². The molecular formula is C76H100BF4N13O18S15. The number of nitrogen functional groups attached to an aromatic ring is 1. The minimum atomic E-state index is -4.27. The van der Waals surface area contributed by atoms with Crippen LogP contribution in [0.25, 0.3) is 21.1 Å². The number of hydrazone groups is 2. The first-order chi connectivity index (χ1) is 59.1. The van der Waals surface area contributed by atoms with Crippen LogP contribution in [0.3, 0.4) is 0 Å². The number of Topliss-reactive ketones (excluding diaryl/α,β-unsaturated/α-hetero) is 2. The lowest BCUT2D eigenvalue weighted by atomic mass is 10.0. The lowest BCUT2D eigenvalue weighted by Gasteiger charge is -2.25. The number of anilines is 2. The Hall–Kier alpha value is -7.35. The number of nitrogens with one attached hydrogen (secondary N) is 2. The Kier molecular flexibility index (Phi) is 46.4. The Bertz CT molecular complexity index is 5810. The van der Waals surface area contributed by atoms with E-state index in [0.717, 1.165) is 68.4 Å². The zero-order chi connectivity index (χ0) is 94.5. The Morgan fingerprint density at radius 2 is 1.13 bits per heavy atom. The molecule has 2 amide bonds.